The number of rotatable bonds is 3. The summed E-state index contributed by atoms with van der Waals surface area (Å²) in [6.45, 7) is 1.61. The molecule has 5 heteroatoms. The van der Waals surface area contributed by atoms with Crippen LogP contribution in [-0.4, -0.2) is 10.2 Å². The first-order chi connectivity index (χ1) is 6.52. The molecule has 0 aliphatic heterocycles. The largest absolute Gasteiger partial charge is 0.281 e. The average Bonchev–Trinajstić information content (AvgIpc) is 2.16. The molecule has 0 radical (unpaired) electrons. The van der Waals surface area contributed by atoms with Crippen LogP contribution in [0.25, 0.3) is 0 Å². The molecule has 1 aromatic carbocycles. The summed E-state index contributed by atoms with van der Waals surface area (Å²) in [6.07, 6.45) is 0. The smallest absolute Gasteiger partial charge is 0.269 e. The lowest BCUT2D eigenvalue weighted by Crippen LogP contribution is -2.02. The van der Waals surface area contributed by atoms with Crippen molar-refractivity contribution < 1.29 is 9.72 Å². The van der Waals surface area contributed by atoms with E-state index in [0.717, 1.165) is 0 Å². The maximum absolute atomic E-state index is 10.8. The molecule has 0 saturated heterocycles. The first-order valence-corrected chi connectivity index (χ1v) is 4.34. The van der Waals surface area contributed by atoms with Crippen molar-refractivity contribution in [3.63, 3.8) is 0 Å². The van der Waals surface area contributed by atoms with Gasteiger partial charge in [0.2, 0.25) is 5.24 Å². The molecule has 0 heterocycles. The van der Waals surface area contributed by atoms with E-state index >= 15 is 0 Å². The van der Waals surface area contributed by atoms with Gasteiger partial charge in [0.15, 0.2) is 0 Å². The molecule has 0 bridgehead atoms. The van der Waals surface area contributed by atoms with Crippen molar-refractivity contribution in [2.75, 3.05) is 0 Å². The van der Waals surface area contributed by atoms with E-state index in [1.165, 1.54) is 18.2 Å². The summed E-state index contributed by atoms with van der Waals surface area (Å²) >= 11 is 5.29. The first-order valence-electron chi connectivity index (χ1n) is 3.96. The van der Waals surface area contributed by atoms with E-state index in [2.05, 4.69) is 0 Å². The topological polar surface area (TPSA) is 60.2 Å². The van der Waals surface area contributed by atoms with Crippen LogP contribution in [0.3, 0.4) is 0 Å². The van der Waals surface area contributed by atoms with Crippen molar-refractivity contribution in [1.29, 1.82) is 0 Å². The Morgan fingerprint density at radius 1 is 1.57 bits per heavy atom. The zero-order valence-electron chi connectivity index (χ0n) is 7.44. The number of nitro groups is 1. The zero-order valence-corrected chi connectivity index (χ0v) is 8.19. The van der Waals surface area contributed by atoms with Gasteiger partial charge in [0.25, 0.3) is 5.69 Å². The summed E-state index contributed by atoms with van der Waals surface area (Å²) in [5.74, 6) is -0.517. The number of benzene rings is 1. The Hall–Kier alpha value is -1.42. The second kappa shape index (κ2) is 4.19. The molecule has 0 saturated carbocycles. The van der Waals surface area contributed by atoms with Gasteiger partial charge in [0.1, 0.15) is 0 Å². The van der Waals surface area contributed by atoms with Crippen LogP contribution in [0.5, 0.6) is 0 Å². The third-order valence-electron chi connectivity index (χ3n) is 1.92. The molecule has 0 fully saturated rings. The van der Waals surface area contributed by atoms with Crippen LogP contribution >= 0.6 is 11.6 Å². The van der Waals surface area contributed by atoms with E-state index in [0.29, 0.717) is 5.56 Å². The molecule has 0 spiro atoms. The van der Waals surface area contributed by atoms with Crippen molar-refractivity contribution in [2.45, 2.75) is 12.8 Å². The summed E-state index contributed by atoms with van der Waals surface area (Å²) in [4.78, 5) is 20.7. The zero-order chi connectivity index (χ0) is 10.7. The molecule has 0 N–H and O–H groups in total. The van der Waals surface area contributed by atoms with Crippen molar-refractivity contribution >= 4 is 22.5 Å². The van der Waals surface area contributed by atoms with Gasteiger partial charge < -0.3 is 0 Å². The van der Waals surface area contributed by atoms with Crippen LogP contribution in [-0.2, 0) is 4.79 Å². The number of carbonyl (C=O) groups is 1. The highest BCUT2D eigenvalue weighted by Gasteiger charge is 2.15. The van der Waals surface area contributed by atoms with Crippen molar-refractivity contribution in [3.05, 3.63) is 39.9 Å². The summed E-state index contributed by atoms with van der Waals surface area (Å²) in [7, 11) is 0. The Labute approximate surface area is 85.6 Å². The van der Waals surface area contributed by atoms with E-state index in [4.69, 9.17) is 11.6 Å². The third-order valence-corrected chi connectivity index (χ3v) is 2.25. The van der Waals surface area contributed by atoms with Gasteiger partial charge in [-0.25, -0.2) is 0 Å². The lowest BCUT2D eigenvalue weighted by molar-refractivity contribution is -0.384. The minimum Gasteiger partial charge on any atom is -0.281 e. The van der Waals surface area contributed by atoms with Crippen LogP contribution in [0.15, 0.2) is 24.3 Å². The van der Waals surface area contributed by atoms with Crippen LogP contribution in [0.4, 0.5) is 5.69 Å². The average molecular weight is 214 g/mol. The predicted octanol–water partition coefficient (Wildman–Crippen LogP) is 2.46. The predicted molar refractivity (Wildman–Crippen MR) is 52.4 cm³/mol. The van der Waals surface area contributed by atoms with Crippen molar-refractivity contribution in [1.82, 2.24) is 0 Å². The number of non-ortho nitro benzene ring substituents is 1. The van der Waals surface area contributed by atoms with Gasteiger partial charge in [-0.2, -0.15) is 0 Å². The molecule has 0 aromatic heterocycles. The molecule has 74 valence electrons. The number of hydrogen-bond donors (Lipinski definition) is 0. The molecule has 0 aliphatic carbocycles. The van der Waals surface area contributed by atoms with Gasteiger partial charge in [-0.1, -0.05) is 19.1 Å². The van der Waals surface area contributed by atoms with Crippen LogP contribution in [0.1, 0.15) is 18.4 Å². The summed E-state index contributed by atoms with van der Waals surface area (Å²) in [5.41, 5.74) is 0.520. The minimum atomic E-state index is -0.523. The molecular weight excluding hydrogens is 206 g/mol. The first kappa shape index (κ1) is 10.7. The van der Waals surface area contributed by atoms with Gasteiger partial charge in [-0.15, -0.1) is 0 Å². The van der Waals surface area contributed by atoms with Gasteiger partial charge >= 0.3 is 0 Å². The lowest BCUT2D eigenvalue weighted by Gasteiger charge is -2.05. The second-order valence-corrected chi connectivity index (χ2v) is 3.25. The molecule has 0 aliphatic rings. The standard InChI is InChI=1S/C9H8ClNO3/c1-6(9(10)12)7-3-2-4-8(5-7)11(13)14/h2-6H,1H3/t6-/m0/s1. The van der Waals surface area contributed by atoms with Gasteiger partial charge in [0.05, 0.1) is 10.8 Å². The fraction of sp³-hybridized carbons (Fsp3) is 0.222. The number of nitrogens with zero attached hydrogens (tertiary/aromatic N) is 1. The third kappa shape index (κ3) is 2.29. The minimum absolute atomic E-state index is 0.0349. The number of carbonyl (C=O) groups excluding carboxylic acids is 1. The highest BCUT2D eigenvalue weighted by Crippen LogP contribution is 2.22. The van der Waals surface area contributed by atoms with Gasteiger partial charge in [0, 0.05) is 12.1 Å². The normalized spacial score (nSPS) is 12.1. The monoisotopic (exact) mass is 213 g/mol. The Kier molecular flexibility index (Phi) is 3.19. The van der Waals surface area contributed by atoms with Crippen LogP contribution in [0, 0.1) is 10.1 Å². The maximum Gasteiger partial charge on any atom is 0.269 e. The summed E-state index contributed by atoms with van der Waals surface area (Å²) < 4.78 is 0. The summed E-state index contributed by atoms with van der Waals surface area (Å²) in [5, 5.41) is 9.91. The Morgan fingerprint density at radius 2 is 2.21 bits per heavy atom. The highest BCUT2D eigenvalue weighted by atomic mass is 35.5. The van der Waals surface area contributed by atoms with E-state index in [9.17, 15) is 14.9 Å². The fourth-order valence-electron chi connectivity index (χ4n) is 1.04. The Bertz CT molecular complexity index is 378. The van der Waals surface area contributed by atoms with E-state index in [1.54, 1.807) is 13.0 Å². The molecule has 1 aromatic rings. The molecule has 0 amide bonds. The lowest BCUT2D eigenvalue weighted by atomic mass is 10.0. The maximum atomic E-state index is 10.8. The molecular formula is C9H8ClNO3. The number of hydrogen-bond acceptors (Lipinski definition) is 3. The van der Waals surface area contributed by atoms with Gasteiger partial charge in [-0.3, -0.25) is 14.9 Å². The second-order valence-electron chi connectivity index (χ2n) is 2.88. The molecule has 1 rings (SSSR count). The van der Waals surface area contributed by atoms with Crippen LogP contribution < -0.4 is 0 Å². The Morgan fingerprint density at radius 3 is 2.71 bits per heavy atom. The fourth-order valence-corrected chi connectivity index (χ4v) is 1.16. The van der Waals surface area contributed by atoms with Crippen LogP contribution in [0.2, 0.25) is 0 Å². The number of halogens is 1. The van der Waals surface area contributed by atoms with E-state index in [-0.39, 0.29) is 5.69 Å². The van der Waals surface area contributed by atoms with Crippen molar-refractivity contribution in [2.24, 2.45) is 0 Å². The molecule has 4 nitrogen and oxygen atoms in total. The highest BCUT2D eigenvalue weighted by molar-refractivity contribution is 6.64. The Balaban J connectivity index is 3.05. The molecule has 1 atom stereocenters. The summed E-state index contributed by atoms with van der Waals surface area (Å²) in [6, 6.07) is 5.89. The molecule has 0 unspecified atom stereocenters. The number of nitro benzene ring substituents is 1. The van der Waals surface area contributed by atoms with Crippen molar-refractivity contribution in [3.8, 4) is 0 Å². The van der Waals surface area contributed by atoms with E-state index < -0.39 is 16.1 Å². The quantitative estimate of drug-likeness (QED) is 0.440. The van der Waals surface area contributed by atoms with Gasteiger partial charge in [-0.05, 0) is 17.2 Å². The SMILES string of the molecule is C[C@H](C(=O)Cl)c1cccc([N+](=O)[O-])c1. The molecule has 14 heavy (non-hydrogen) atoms. The van der Waals surface area contributed by atoms with E-state index in [1.807, 2.05) is 0 Å².